The summed E-state index contributed by atoms with van der Waals surface area (Å²) in [4.78, 5) is 16.9. The molecule has 0 radical (unpaired) electrons. The molecular formula is C19H28N4O. The molecule has 0 saturated heterocycles. The minimum Gasteiger partial charge on any atom is -0.348 e. The van der Waals surface area contributed by atoms with Gasteiger partial charge in [-0.15, -0.1) is 0 Å². The van der Waals surface area contributed by atoms with Crippen molar-refractivity contribution in [1.29, 1.82) is 0 Å². The first-order valence-corrected chi connectivity index (χ1v) is 8.67. The van der Waals surface area contributed by atoms with Crippen LogP contribution in [0.3, 0.4) is 0 Å². The van der Waals surface area contributed by atoms with Gasteiger partial charge in [0.1, 0.15) is 5.82 Å². The SMILES string of the molecule is CCC(CC)(CN)C(=O)NCc1nccn1CCc1ccccc1. The second-order valence-electron chi connectivity index (χ2n) is 6.15. The van der Waals surface area contributed by atoms with Gasteiger partial charge < -0.3 is 15.6 Å². The fourth-order valence-corrected chi connectivity index (χ4v) is 2.90. The molecular weight excluding hydrogens is 300 g/mol. The van der Waals surface area contributed by atoms with E-state index >= 15 is 0 Å². The Bertz CT molecular complexity index is 624. The summed E-state index contributed by atoms with van der Waals surface area (Å²) in [7, 11) is 0. The Morgan fingerprint density at radius 3 is 2.58 bits per heavy atom. The van der Waals surface area contributed by atoms with Crippen LogP contribution in [0.15, 0.2) is 42.7 Å². The highest BCUT2D eigenvalue weighted by Gasteiger charge is 2.33. The average molecular weight is 328 g/mol. The van der Waals surface area contributed by atoms with Crippen LogP contribution < -0.4 is 11.1 Å². The molecule has 5 nitrogen and oxygen atoms in total. The summed E-state index contributed by atoms with van der Waals surface area (Å²) < 4.78 is 2.09. The van der Waals surface area contributed by atoms with Crippen LogP contribution in [0.2, 0.25) is 0 Å². The largest absolute Gasteiger partial charge is 0.348 e. The maximum Gasteiger partial charge on any atom is 0.227 e. The third kappa shape index (κ3) is 4.23. The van der Waals surface area contributed by atoms with Crippen LogP contribution in [0, 0.1) is 5.41 Å². The molecule has 1 heterocycles. The maximum atomic E-state index is 12.5. The topological polar surface area (TPSA) is 72.9 Å². The first kappa shape index (κ1) is 18.2. The van der Waals surface area contributed by atoms with Crippen LogP contribution in [0.5, 0.6) is 0 Å². The number of aromatic nitrogens is 2. The molecule has 2 rings (SSSR count). The third-order valence-corrected chi connectivity index (χ3v) is 4.92. The number of benzene rings is 1. The summed E-state index contributed by atoms with van der Waals surface area (Å²) in [6, 6.07) is 10.4. The van der Waals surface area contributed by atoms with Gasteiger partial charge in [0, 0.05) is 25.5 Å². The lowest BCUT2D eigenvalue weighted by Gasteiger charge is -2.28. The van der Waals surface area contributed by atoms with Gasteiger partial charge in [-0.25, -0.2) is 4.98 Å². The van der Waals surface area contributed by atoms with Crippen LogP contribution in [-0.2, 0) is 24.3 Å². The van der Waals surface area contributed by atoms with Crippen molar-refractivity contribution in [2.24, 2.45) is 11.1 Å². The van der Waals surface area contributed by atoms with E-state index in [1.54, 1.807) is 6.20 Å². The average Bonchev–Trinajstić information content (AvgIpc) is 3.08. The predicted octanol–water partition coefficient (Wildman–Crippen LogP) is 2.51. The van der Waals surface area contributed by atoms with Gasteiger partial charge in [0.15, 0.2) is 0 Å². The lowest BCUT2D eigenvalue weighted by molar-refractivity contribution is -0.131. The summed E-state index contributed by atoms with van der Waals surface area (Å²) >= 11 is 0. The lowest BCUT2D eigenvalue weighted by atomic mass is 9.81. The number of nitrogens with zero attached hydrogens (tertiary/aromatic N) is 2. The quantitative estimate of drug-likeness (QED) is 0.743. The molecule has 0 bridgehead atoms. The molecule has 1 amide bonds. The van der Waals surface area contributed by atoms with Crippen molar-refractivity contribution in [2.75, 3.05) is 6.54 Å². The highest BCUT2D eigenvalue weighted by Crippen LogP contribution is 2.25. The first-order chi connectivity index (χ1) is 11.6. The molecule has 0 aliphatic heterocycles. The molecule has 0 atom stereocenters. The molecule has 0 unspecified atom stereocenters. The van der Waals surface area contributed by atoms with Gasteiger partial charge >= 0.3 is 0 Å². The van der Waals surface area contributed by atoms with Crippen molar-refractivity contribution in [1.82, 2.24) is 14.9 Å². The summed E-state index contributed by atoms with van der Waals surface area (Å²) in [5.74, 6) is 0.894. The third-order valence-electron chi connectivity index (χ3n) is 4.92. The molecule has 130 valence electrons. The molecule has 3 N–H and O–H groups in total. The van der Waals surface area contributed by atoms with E-state index in [0.29, 0.717) is 13.1 Å². The molecule has 0 spiro atoms. The Morgan fingerprint density at radius 2 is 1.96 bits per heavy atom. The van der Waals surface area contributed by atoms with Crippen molar-refractivity contribution in [3.63, 3.8) is 0 Å². The van der Waals surface area contributed by atoms with Crippen molar-refractivity contribution < 1.29 is 4.79 Å². The van der Waals surface area contributed by atoms with E-state index in [0.717, 1.165) is 31.6 Å². The monoisotopic (exact) mass is 328 g/mol. The Labute approximate surface area is 144 Å². The van der Waals surface area contributed by atoms with Gasteiger partial charge in [-0.2, -0.15) is 0 Å². The molecule has 1 aromatic heterocycles. The van der Waals surface area contributed by atoms with Gasteiger partial charge in [0.05, 0.1) is 12.0 Å². The van der Waals surface area contributed by atoms with Crippen LogP contribution in [0.1, 0.15) is 38.1 Å². The Balaban J connectivity index is 1.94. The Morgan fingerprint density at radius 1 is 1.25 bits per heavy atom. The van der Waals surface area contributed by atoms with E-state index in [1.165, 1.54) is 5.56 Å². The van der Waals surface area contributed by atoms with Crippen LogP contribution in [0.25, 0.3) is 0 Å². The van der Waals surface area contributed by atoms with E-state index in [-0.39, 0.29) is 5.91 Å². The predicted molar refractivity (Wildman–Crippen MR) is 96.3 cm³/mol. The summed E-state index contributed by atoms with van der Waals surface area (Å²) in [5, 5.41) is 3.02. The normalized spacial score (nSPS) is 11.5. The van der Waals surface area contributed by atoms with E-state index in [2.05, 4.69) is 27.0 Å². The molecule has 0 aliphatic carbocycles. The van der Waals surface area contributed by atoms with Crippen molar-refractivity contribution in [2.45, 2.75) is 46.2 Å². The standard InChI is InChI=1S/C19H28N4O/c1-3-19(4-2,15-20)18(24)22-14-17-21-11-13-23(17)12-10-16-8-6-5-7-9-16/h5-9,11,13H,3-4,10,12,14-15,20H2,1-2H3,(H,22,24). The molecule has 0 aliphatic rings. The van der Waals surface area contributed by atoms with E-state index in [9.17, 15) is 4.79 Å². The number of aryl methyl sites for hydroxylation is 2. The zero-order valence-electron chi connectivity index (χ0n) is 14.7. The van der Waals surface area contributed by atoms with Crippen molar-refractivity contribution in [3.8, 4) is 0 Å². The minimum atomic E-state index is -0.471. The van der Waals surface area contributed by atoms with E-state index < -0.39 is 5.41 Å². The van der Waals surface area contributed by atoms with Crippen molar-refractivity contribution in [3.05, 3.63) is 54.1 Å². The fraction of sp³-hybridized carbons (Fsp3) is 0.474. The van der Waals surface area contributed by atoms with Gasteiger partial charge in [-0.05, 0) is 24.8 Å². The molecule has 24 heavy (non-hydrogen) atoms. The number of rotatable bonds is 9. The van der Waals surface area contributed by atoms with E-state index in [4.69, 9.17) is 5.73 Å². The smallest absolute Gasteiger partial charge is 0.227 e. The molecule has 2 aromatic rings. The fourth-order valence-electron chi connectivity index (χ4n) is 2.90. The summed E-state index contributed by atoms with van der Waals surface area (Å²) in [6.07, 6.45) is 6.17. The molecule has 1 aromatic carbocycles. The summed E-state index contributed by atoms with van der Waals surface area (Å²) in [5.41, 5.74) is 6.66. The van der Waals surface area contributed by atoms with Crippen molar-refractivity contribution >= 4 is 5.91 Å². The number of carbonyl (C=O) groups is 1. The van der Waals surface area contributed by atoms with Gasteiger partial charge in [0.25, 0.3) is 0 Å². The number of hydrogen-bond acceptors (Lipinski definition) is 3. The van der Waals surface area contributed by atoms with Crippen LogP contribution in [-0.4, -0.2) is 22.0 Å². The van der Waals surface area contributed by atoms with Gasteiger partial charge in [-0.1, -0.05) is 44.2 Å². The number of nitrogens with one attached hydrogen (secondary N) is 1. The molecule has 5 heteroatoms. The second-order valence-corrected chi connectivity index (χ2v) is 6.15. The number of imidazole rings is 1. The van der Waals surface area contributed by atoms with E-state index in [1.807, 2.05) is 38.2 Å². The molecule has 0 fully saturated rings. The number of nitrogens with two attached hydrogens (primary N) is 1. The zero-order chi connectivity index (χ0) is 17.4. The number of hydrogen-bond donors (Lipinski definition) is 2. The Hall–Kier alpha value is -2.14. The highest BCUT2D eigenvalue weighted by atomic mass is 16.2. The maximum absolute atomic E-state index is 12.5. The first-order valence-electron chi connectivity index (χ1n) is 8.67. The summed E-state index contributed by atoms with van der Waals surface area (Å²) in [6.45, 7) is 5.67. The molecule has 0 saturated carbocycles. The van der Waals surface area contributed by atoms with Crippen LogP contribution in [0.4, 0.5) is 0 Å². The second kappa shape index (κ2) is 8.64. The number of amides is 1. The number of carbonyl (C=O) groups excluding carboxylic acids is 1. The van der Waals surface area contributed by atoms with Crippen LogP contribution >= 0.6 is 0 Å². The van der Waals surface area contributed by atoms with Gasteiger partial charge in [-0.3, -0.25) is 4.79 Å². The highest BCUT2D eigenvalue weighted by molar-refractivity contribution is 5.82. The van der Waals surface area contributed by atoms with Gasteiger partial charge in [0.2, 0.25) is 5.91 Å². The lowest BCUT2D eigenvalue weighted by Crippen LogP contribution is -2.45. The Kier molecular flexibility index (Phi) is 6.55. The zero-order valence-corrected chi connectivity index (χ0v) is 14.7. The minimum absolute atomic E-state index is 0.0209.